The van der Waals surface area contributed by atoms with E-state index in [1.54, 1.807) is 23.1 Å². The SMILES string of the molecule is O=C(O)COCC(=O)N[C@H]1CO[C@H]2[C@H]1OC[C@H]2n1nnnc1Oc1ccc(-n2cncn2)cc1. The quantitative estimate of drug-likeness (QED) is 0.387. The number of hydrogen-bond acceptors (Lipinski definition) is 11. The van der Waals surface area contributed by atoms with E-state index in [1.165, 1.54) is 11.0 Å². The maximum absolute atomic E-state index is 12.0. The summed E-state index contributed by atoms with van der Waals surface area (Å²) in [5.74, 6) is -1.08. The Balaban J connectivity index is 1.21. The molecule has 0 bridgehead atoms. The smallest absolute Gasteiger partial charge is 0.341 e. The molecule has 2 aliphatic heterocycles. The van der Waals surface area contributed by atoms with Crippen LogP contribution in [0.2, 0.25) is 0 Å². The molecule has 15 nitrogen and oxygen atoms in total. The zero-order valence-corrected chi connectivity index (χ0v) is 17.6. The lowest BCUT2D eigenvalue weighted by Gasteiger charge is -2.18. The van der Waals surface area contributed by atoms with Crippen molar-refractivity contribution in [3.8, 4) is 17.4 Å². The van der Waals surface area contributed by atoms with Crippen LogP contribution in [0, 0.1) is 0 Å². The highest BCUT2D eigenvalue weighted by Crippen LogP contribution is 2.36. The Hall–Kier alpha value is -3.95. The lowest BCUT2D eigenvalue weighted by atomic mass is 10.1. The topological polar surface area (TPSA) is 178 Å². The number of carboxylic acids is 1. The molecule has 2 saturated heterocycles. The number of rotatable bonds is 9. The molecule has 2 aromatic heterocycles. The van der Waals surface area contributed by atoms with Crippen molar-refractivity contribution in [2.45, 2.75) is 24.3 Å². The second-order valence-electron chi connectivity index (χ2n) is 7.57. The minimum atomic E-state index is -1.15. The molecule has 34 heavy (non-hydrogen) atoms. The van der Waals surface area contributed by atoms with Gasteiger partial charge < -0.3 is 29.4 Å². The first-order chi connectivity index (χ1) is 16.6. The number of tetrazole rings is 1. The summed E-state index contributed by atoms with van der Waals surface area (Å²) >= 11 is 0. The van der Waals surface area contributed by atoms with Crippen LogP contribution in [0.5, 0.6) is 11.8 Å². The molecular weight excluding hydrogens is 452 g/mol. The number of benzene rings is 1. The minimum absolute atomic E-state index is 0.168. The molecular formula is C19H20N8O7. The summed E-state index contributed by atoms with van der Waals surface area (Å²) in [7, 11) is 0. The maximum Gasteiger partial charge on any atom is 0.341 e. The third-order valence-corrected chi connectivity index (χ3v) is 5.34. The Labute approximate surface area is 191 Å². The maximum atomic E-state index is 12.0. The Bertz CT molecular complexity index is 1140. The van der Waals surface area contributed by atoms with Gasteiger partial charge in [0.15, 0.2) is 0 Å². The number of carbonyl (C=O) groups is 2. The summed E-state index contributed by atoms with van der Waals surface area (Å²) < 4.78 is 25.5. The molecule has 4 atom stereocenters. The van der Waals surface area contributed by atoms with Crippen molar-refractivity contribution in [1.29, 1.82) is 0 Å². The van der Waals surface area contributed by atoms with Crippen molar-refractivity contribution < 1.29 is 33.6 Å². The van der Waals surface area contributed by atoms with Crippen LogP contribution >= 0.6 is 0 Å². The highest BCUT2D eigenvalue weighted by molar-refractivity contribution is 5.78. The summed E-state index contributed by atoms with van der Waals surface area (Å²) in [6, 6.07) is 6.54. The highest BCUT2D eigenvalue weighted by Gasteiger charge is 2.50. The van der Waals surface area contributed by atoms with Crippen LogP contribution in [0.15, 0.2) is 36.9 Å². The summed E-state index contributed by atoms with van der Waals surface area (Å²) in [6.45, 7) is -0.447. The molecule has 4 heterocycles. The zero-order valence-electron chi connectivity index (χ0n) is 17.6. The third-order valence-electron chi connectivity index (χ3n) is 5.34. The van der Waals surface area contributed by atoms with Gasteiger partial charge in [0.25, 0.3) is 0 Å². The summed E-state index contributed by atoms with van der Waals surface area (Å²) in [6.07, 6.45) is 2.20. The molecule has 0 spiro atoms. The number of fused-ring (bicyclic) bond motifs is 1. The number of amides is 1. The fourth-order valence-corrected chi connectivity index (χ4v) is 3.87. The van der Waals surface area contributed by atoms with E-state index in [4.69, 9.17) is 24.1 Å². The standard InChI is InChI=1S/C19H20N8O7/c28-15(7-31-8-16(29)30)22-13-5-32-18-14(6-33-17(13)18)27-19(23-24-25-27)34-12-3-1-11(2-4-12)26-10-20-9-21-26/h1-4,9-10,13-14,17-18H,5-8H2,(H,22,28)(H,29,30)/t13-,14+,17-,18+/m0/s1. The van der Waals surface area contributed by atoms with Crippen LogP contribution in [-0.2, 0) is 23.8 Å². The van der Waals surface area contributed by atoms with Crippen LogP contribution in [-0.4, -0.2) is 96.6 Å². The number of ether oxygens (including phenoxy) is 4. The second kappa shape index (κ2) is 9.50. The van der Waals surface area contributed by atoms with E-state index in [-0.39, 0.29) is 31.9 Å². The van der Waals surface area contributed by atoms with Crippen molar-refractivity contribution in [3.05, 3.63) is 36.9 Å². The van der Waals surface area contributed by atoms with Gasteiger partial charge in [-0.3, -0.25) is 4.79 Å². The van der Waals surface area contributed by atoms with Gasteiger partial charge in [0, 0.05) is 0 Å². The van der Waals surface area contributed by atoms with Crippen molar-refractivity contribution in [2.75, 3.05) is 26.4 Å². The van der Waals surface area contributed by atoms with E-state index in [0.29, 0.717) is 5.75 Å². The average Bonchev–Trinajstić information content (AvgIpc) is 3.61. The number of nitrogens with zero attached hydrogens (tertiary/aromatic N) is 7. The van der Waals surface area contributed by atoms with Gasteiger partial charge in [0.05, 0.1) is 24.9 Å². The van der Waals surface area contributed by atoms with Gasteiger partial charge in [-0.05, 0) is 34.7 Å². The fourth-order valence-electron chi connectivity index (χ4n) is 3.87. The molecule has 0 aliphatic carbocycles. The molecule has 3 aromatic rings. The van der Waals surface area contributed by atoms with Crippen LogP contribution in [0.25, 0.3) is 5.69 Å². The van der Waals surface area contributed by atoms with Gasteiger partial charge in [-0.15, -0.1) is 0 Å². The number of carbonyl (C=O) groups excluding carboxylic acids is 1. The average molecular weight is 472 g/mol. The number of aromatic nitrogens is 7. The summed E-state index contributed by atoms with van der Waals surface area (Å²) in [5, 5.41) is 27.1. The van der Waals surface area contributed by atoms with E-state index in [2.05, 4.69) is 30.9 Å². The first-order valence-corrected chi connectivity index (χ1v) is 10.3. The van der Waals surface area contributed by atoms with Crippen LogP contribution in [0.4, 0.5) is 0 Å². The molecule has 1 aromatic carbocycles. The van der Waals surface area contributed by atoms with Crippen molar-refractivity contribution in [1.82, 2.24) is 40.3 Å². The van der Waals surface area contributed by atoms with Crippen molar-refractivity contribution >= 4 is 11.9 Å². The largest absolute Gasteiger partial charge is 0.480 e. The van der Waals surface area contributed by atoms with Gasteiger partial charge in [-0.2, -0.15) is 9.78 Å². The van der Waals surface area contributed by atoms with E-state index in [0.717, 1.165) is 5.69 Å². The Kier molecular flexibility index (Phi) is 6.11. The Morgan fingerprint density at radius 2 is 1.97 bits per heavy atom. The molecule has 2 aliphatic rings. The summed E-state index contributed by atoms with van der Waals surface area (Å²) in [5.41, 5.74) is 0.817. The van der Waals surface area contributed by atoms with Gasteiger partial charge >= 0.3 is 12.0 Å². The Morgan fingerprint density at radius 3 is 2.74 bits per heavy atom. The van der Waals surface area contributed by atoms with E-state index in [1.807, 2.05) is 12.1 Å². The molecule has 178 valence electrons. The fraction of sp³-hybridized carbons (Fsp3) is 0.421. The second-order valence-corrected chi connectivity index (χ2v) is 7.57. The van der Waals surface area contributed by atoms with E-state index < -0.39 is 36.7 Å². The van der Waals surface area contributed by atoms with Gasteiger partial charge in [-0.25, -0.2) is 14.5 Å². The van der Waals surface area contributed by atoms with Gasteiger partial charge in [0.2, 0.25) is 5.91 Å². The summed E-state index contributed by atoms with van der Waals surface area (Å²) in [4.78, 5) is 26.4. The van der Waals surface area contributed by atoms with E-state index in [9.17, 15) is 9.59 Å². The van der Waals surface area contributed by atoms with Crippen molar-refractivity contribution in [2.24, 2.45) is 0 Å². The lowest BCUT2D eigenvalue weighted by molar-refractivity contribution is -0.143. The monoisotopic (exact) mass is 472 g/mol. The van der Waals surface area contributed by atoms with Gasteiger partial charge in [0.1, 0.15) is 49.9 Å². The molecule has 1 amide bonds. The molecule has 2 N–H and O–H groups in total. The number of nitrogens with one attached hydrogen (secondary N) is 1. The third kappa shape index (κ3) is 4.57. The molecule has 15 heteroatoms. The van der Waals surface area contributed by atoms with Crippen LogP contribution in [0.1, 0.15) is 6.04 Å². The predicted octanol–water partition coefficient (Wildman–Crippen LogP) is -1.03. The first kappa shape index (κ1) is 21.9. The molecule has 0 saturated carbocycles. The van der Waals surface area contributed by atoms with Crippen LogP contribution < -0.4 is 10.1 Å². The normalized spacial score (nSPS) is 23.5. The highest BCUT2D eigenvalue weighted by atomic mass is 16.6. The number of aliphatic carboxylic acids is 1. The minimum Gasteiger partial charge on any atom is -0.480 e. The van der Waals surface area contributed by atoms with Gasteiger partial charge in [-0.1, -0.05) is 5.10 Å². The molecule has 2 fully saturated rings. The zero-order chi connectivity index (χ0) is 23.5. The number of carboxylic acid groups (broad SMARTS) is 1. The lowest BCUT2D eigenvalue weighted by Crippen LogP contribution is -2.45. The molecule has 0 radical (unpaired) electrons. The molecule has 5 rings (SSSR count). The molecule has 0 unspecified atom stereocenters. The van der Waals surface area contributed by atoms with Crippen molar-refractivity contribution in [3.63, 3.8) is 0 Å². The predicted molar refractivity (Wildman–Crippen MR) is 108 cm³/mol. The van der Waals surface area contributed by atoms with E-state index >= 15 is 0 Å². The van der Waals surface area contributed by atoms with Crippen LogP contribution in [0.3, 0.4) is 0 Å². The Morgan fingerprint density at radius 1 is 1.15 bits per heavy atom. The first-order valence-electron chi connectivity index (χ1n) is 10.3. The number of hydrogen-bond donors (Lipinski definition) is 2.